The Morgan fingerprint density at radius 1 is 0.773 bits per heavy atom. The van der Waals surface area contributed by atoms with E-state index >= 15 is 0 Å². The predicted octanol–water partition coefficient (Wildman–Crippen LogP) is 6.94. The van der Waals surface area contributed by atoms with Gasteiger partial charge < -0.3 is 4.98 Å². The quantitative estimate of drug-likeness (QED) is 0.432. The van der Waals surface area contributed by atoms with Crippen LogP contribution >= 0.6 is 0 Å². The highest BCUT2D eigenvalue weighted by Crippen LogP contribution is 2.22. The fourth-order valence-corrected chi connectivity index (χ4v) is 3.38. The molecule has 2 rings (SSSR count). The number of hydrogen-bond acceptors (Lipinski definition) is 0. The summed E-state index contributed by atoms with van der Waals surface area (Å²) in [6.45, 7) is 4.54. The molecule has 0 radical (unpaired) electrons. The number of rotatable bonds is 11. The Kier molecular flexibility index (Phi) is 7.56. The number of aromatic nitrogens is 1. The third-order valence-electron chi connectivity index (χ3n) is 4.85. The van der Waals surface area contributed by atoms with Crippen LogP contribution in [-0.4, -0.2) is 4.98 Å². The minimum atomic E-state index is 1.21. The third-order valence-corrected chi connectivity index (χ3v) is 4.85. The second-order valence-corrected chi connectivity index (χ2v) is 6.71. The SMILES string of the molecule is CCCCCCCCCCCCc1[nH]c2ccccc2c1C. The second kappa shape index (κ2) is 9.71. The predicted molar refractivity (Wildman–Crippen MR) is 98.6 cm³/mol. The first-order chi connectivity index (χ1) is 10.8. The zero-order chi connectivity index (χ0) is 15.6. The van der Waals surface area contributed by atoms with Crippen molar-refractivity contribution in [2.45, 2.75) is 84.5 Å². The van der Waals surface area contributed by atoms with Crippen molar-refractivity contribution in [2.75, 3.05) is 0 Å². The monoisotopic (exact) mass is 299 g/mol. The van der Waals surface area contributed by atoms with Crippen LogP contribution in [-0.2, 0) is 6.42 Å². The van der Waals surface area contributed by atoms with Crippen LogP contribution in [0.15, 0.2) is 24.3 Å². The Labute approximate surface area is 136 Å². The molecule has 0 saturated carbocycles. The van der Waals surface area contributed by atoms with E-state index in [9.17, 15) is 0 Å². The van der Waals surface area contributed by atoms with E-state index in [0.29, 0.717) is 0 Å². The van der Waals surface area contributed by atoms with Gasteiger partial charge in [-0.05, 0) is 31.4 Å². The molecule has 0 saturated heterocycles. The van der Waals surface area contributed by atoms with Crippen LogP contribution in [0.2, 0.25) is 0 Å². The zero-order valence-electron chi connectivity index (χ0n) is 14.6. The third kappa shape index (κ3) is 5.19. The maximum absolute atomic E-state index is 3.59. The molecule has 0 aliphatic heterocycles. The lowest BCUT2D eigenvalue weighted by atomic mass is 10.0. The van der Waals surface area contributed by atoms with E-state index in [-0.39, 0.29) is 0 Å². The normalized spacial score (nSPS) is 11.4. The molecule has 0 aliphatic rings. The van der Waals surface area contributed by atoms with Crippen molar-refractivity contribution in [1.82, 2.24) is 4.98 Å². The lowest BCUT2D eigenvalue weighted by Crippen LogP contribution is -1.89. The molecule has 1 heterocycles. The van der Waals surface area contributed by atoms with Crippen molar-refractivity contribution in [3.63, 3.8) is 0 Å². The smallest absolute Gasteiger partial charge is 0.0458 e. The molecule has 122 valence electrons. The molecule has 1 heteroatoms. The number of fused-ring (bicyclic) bond motifs is 1. The van der Waals surface area contributed by atoms with Crippen LogP contribution in [0.3, 0.4) is 0 Å². The molecule has 0 amide bonds. The molecule has 0 unspecified atom stereocenters. The van der Waals surface area contributed by atoms with Gasteiger partial charge in [-0.1, -0.05) is 82.9 Å². The number of para-hydroxylation sites is 1. The fourth-order valence-electron chi connectivity index (χ4n) is 3.38. The van der Waals surface area contributed by atoms with Crippen LogP contribution in [0.4, 0.5) is 0 Å². The standard InChI is InChI=1S/C21H33N/c1-3-4-5-6-7-8-9-10-11-12-16-20-18(2)19-15-13-14-17-21(19)22-20/h13-15,17,22H,3-12,16H2,1-2H3. The lowest BCUT2D eigenvalue weighted by Gasteiger charge is -2.03. The first kappa shape index (κ1) is 17.1. The summed E-state index contributed by atoms with van der Waals surface area (Å²) in [7, 11) is 0. The van der Waals surface area contributed by atoms with Crippen molar-refractivity contribution < 1.29 is 0 Å². The van der Waals surface area contributed by atoms with E-state index < -0.39 is 0 Å². The van der Waals surface area contributed by atoms with Crippen molar-refractivity contribution >= 4 is 10.9 Å². The number of unbranched alkanes of at least 4 members (excludes halogenated alkanes) is 9. The molecule has 0 aliphatic carbocycles. The Morgan fingerprint density at radius 3 is 2.00 bits per heavy atom. The number of aromatic amines is 1. The number of aryl methyl sites for hydroxylation is 2. The number of hydrogen-bond donors (Lipinski definition) is 1. The molecule has 0 atom stereocenters. The maximum Gasteiger partial charge on any atom is 0.0458 e. The van der Waals surface area contributed by atoms with Gasteiger partial charge in [-0.2, -0.15) is 0 Å². The molecule has 0 bridgehead atoms. The van der Waals surface area contributed by atoms with Gasteiger partial charge in [-0.25, -0.2) is 0 Å². The van der Waals surface area contributed by atoms with Crippen molar-refractivity contribution in [3.8, 4) is 0 Å². The van der Waals surface area contributed by atoms with Gasteiger partial charge in [0.05, 0.1) is 0 Å². The van der Waals surface area contributed by atoms with Gasteiger partial charge >= 0.3 is 0 Å². The highest BCUT2D eigenvalue weighted by Gasteiger charge is 2.06. The first-order valence-corrected chi connectivity index (χ1v) is 9.39. The van der Waals surface area contributed by atoms with E-state index in [1.165, 1.54) is 92.8 Å². The molecule has 1 aromatic heterocycles. The van der Waals surface area contributed by atoms with Gasteiger partial charge in [0.2, 0.25) is 0 Å². The Bertz CT molecular complexity index is 538. The Hall–Kier alpha value is -1.24. The molecule has 22 heavy (non-hydrogen) atoms. The second-order valence-electron chi connectivity index (χ2n) is 6.71. The summed E-state index contributed by atoms with van der Waals surface area (Å²) < 4.78 is 0. The zero-order valence-corrected chi connectivity index (χ0v) is 14.6. The van der Waals surface area contributed by atoms with Gasteiger partial charge in [0.1, 0.15) is 0 Å². The van der Waals surface area contributed by atoms with Crippen LogP contribution in [0.5, 0.6) is 0 Å². The van der Waals surface area contributed by atoms with Crippen LogP contribution in [0.1, 0.15) is 82.4 Å². The van der Waals surface area contributed by atoms with Crippen molar-refractivity contribution in [1.29, 1.82) is 0 Å². The van der Waals surface area contributed by atoms with Crippen molar-refractivity contribution in [2.24, 2.45) is 0 Å². The number of H-pyrrole nitrogens is 1. The van der Waals surface area contributed by atoms with E-state index in [1.54, 1.807) is 0 Å². The molecular formula is C21H33N. The number of benzene rings is 1. The topological polar surface area (TPSA) is 15.8 Å². The van der Waals surface area contributed by atoms with Gasteiger partial charge in [0.25, 0.3) is 0 Å². The summed E-state index contributed by atoms with van der Waals surface area (Å²) in [6.07, 6.45) is 15.3. The van der Waals surface area contributed by atoms with E-state index in [0.717, 1.165) is 0 Å². The van der Waals surface area contributed by atoms with Crippen LogP contribution in [0, 0.1) is 6.92 Å². The average Bonchev–Trinajstić information content (AvgIpc) is 2.86. The molecular weight excluding hydrogens is 266 g/mol. The largest absolute Gasteiger partial charge is 0.358 e. The summed E-state index contributed by atoms with van der Waals surface area (Å²) in [6, 6.07) is 8.66. The highest BCUT2D eigenvalue weighted by atomic mass is 14.7. The summed E-state index contributed by atoms with van der Waals surface area (Å²) >= 11 is 0. The highest BCUT2D eigenvalue weighted by molar-refractivity contribution is 5.84. The summed E-state index contributed by atoms with van der Waals surface area (Å²) in [5, 5.41) is 1.39. The van der Waals surface area contributed by atoms with Crippen LogP contribution in [0.25, 0.3) is 10.9 Å². The minimum absolute atomic E-state index is 1.21. The van der Waals surface area contributed by atoms with Gasteiger partial charge in [-0.3, -0.25) is 0 Å². The van der Waals surface area contributed by atoms with Gasteiger partial charge in [0, 0.05) is 16.6 Å². The van der Waals surface area contributed by atoms with Crippen LogP contribution < -0.4 is 0 Å². The summed E-state index contributed by atoms with van der Waals surface area (Å²) in [4.78, 5) is 3.59. The molecule has 0 spiro atoms. The molecule has 0 fully saturated rings. The molecule has 1 N–H and O–H groups in total. The molecule has 1 nitrogen and oxygen atoms in total. The summed E-state index contributed by atoms with van der Waals surface area (Å²) in [5.41, 5.74) is 4.19. The molecule has 1 aromatic carbocycles. The van der Waals surface area contributed by atoms with Crippen molar-refractivity contribution in [3.05, 3.63) is 35.5 Å². The van der Waals surface area contributed by atoms with E-state index in [2.05, 4.69) is 43.1 Å². The van der Waals surface area contributed by atoms with Gasteiger partial charge in [0.15, 0.2) is 0 Å². The minimum Gasteiger partial charge on any atom is -0.358 e. The average molecular weight is 300 g/mol. The maximum atomic E-state index is 3.59. The fraction of sp³-hybridized carbons (Fsp3) is 0.619. The first-order valence-electron chi connectivity index (χ1n) is 9.39. The number of nitrogens with one attached hydrogen (secondary N) is 1. The molecule has 2 aromatic rings. The lowest BCUT2D eigenvalue weighted by molar-refractivity contribution is 0.555. The van der Waals surface area contributed by atoms with Gasteiger partial charge in [-0.15, -0.1) is 0 Å². The Balaban J connectivity index is 1.57. The Morgan fingerprint density at radius 2 is 1.36 bits per heavy atom. The summed E-state index contributed by atoms with van der Waals surface area (Å²) in [5.74, 6) is 0. The van der Waals surface area contributed by atoms with E-state index in [1.807, 2.05) is 0 Å². The van der Waals surface area contributed by atoms with E-state index in [4.69, 9.17) is 0 Å².